The number of hydrogen-bond donors (Lipinski definition) is 0. The van der Waals surface area contributed by atoms with E-state index in [0.717, 1.165) is 96.3 Å². The molecule has 0 amide bonds. The van der Waals surface area contributed by atoms with Gasteiger partial charge < -0.3 is 23.7 Å². The van der Waals surface area contributed by atoms with Crippen molar-refractivity contribution in [1.29, 1.82) is 0 Å². The molecule has 13 heteroatoms. The lowest BCUT2D eigenvalue weighted by Gasteiger charge is -2.28. The Kier molecular flexibility index (Phi) is 66.9. The summed E-state index contributed by atoms with van der Waals surface area (Å²) in [6.07, 6.45) is 59.2. The van der Waals surface area contributed by atoms with Gasteiger partial charge in [0, 0.05) is 26.2 Å². The van der Waals surface area contributed by atoms with Gasteiger partial charge in [-0.05, 0) is 32.1 Å². The van der Waals surface area contributed by atoms with Gasteiger partial charge >= 0.3 is 29.8 Å². The zero-order chi connectivity index (χ0) is 63.4. The van der Waals surface area contributed by atoms with Gasteiger partial charge in [0.25, 0.3) is 0 Å². The third-order valence-electron chi connectivity index (χ3n) is 17.0. The van der Waals surface area contributed by atoms with Crippen LogP contribution in [-0.2, 0) is 47.7 Å². The Morgan fingerprint density at radius 3 is 0.471 bits per heavy atom. The molecule has 0 heterocycles. The highest BCUT2D eigenvalue weighted by molar-refractivity contribution is 5.76. The second-order valence-corrected chi connectivity index (χ2v) is 25.7. The van der Waals surface area contributed by atoms with E-state index >= 15 is 0 Å². The standard InChI is InChI=1S/C74H143N3O10/c1-6-11-16-21-26-31-36-41-46-51-60-83-70(78)65-75(56-58-76(66-71(79)84-61-52-47-42-37-32-27-22-17-12-7-2)67-72(80)85-62-53-48-43-38-33-28-23-18-13-8-3)57-59-77(68-73(81)86-63-54-49-44-39-34-29-24-19-14-9-4)69-74(82)87-64-55-50-45-40-35-30-25-20-15-10-5/h6-69H2,1-5H3. The molecule has 0 saturated carbocycles. The molecule has 0 aromatic rings. The molecule has 0 radical (unpaired) electrons. The molecule has 0 aromatic carbocycles. The fourth-order valence-corrected chi connectivity index (χ4v) is 11.3. The number of carbonyl (C=O) groups excluding carboxylic acids is 5. The van der Waals surface area contributed by atoms with Crippen molar-refractivity contribution in [3.05, 3.63) is 0 Å². The average Bonchev–Trinajstić information content (AvgIpc) is 3.62. The molecule has 0 unspecified atom stereocenters. The molecule has 514 valence electrons. The van der Waals surface area contributed by atoms with Gasteiger partial charge in [-0.2, -0.15) is 0 Å². The normalized spacial score (nSPS) is 11.5. The van der Waals surface area contributed by atoms with Gasteiger partial charge in [0.05, 0.1) is 65.8 Å². The molecule has 0 aliphatic rings. The highest BCUT2D eigenvalue weighted by Crippen LogP contribution is 2.16. The molecule has 0 aliphatic carbocycles. The minimum atomic E-state index is -0.394. The lowest BCUT2D eigenvalue weighted by Crippen LogP contribution is -2.46. The first-order valence-electron chi connectivity index (χ1n) is 37.6. The summed E-state index contributed by atoms with van der Waals surface area (Å²) in [5, 5.41) is 0. The number of carbonyl (C=O) groups is 5. The molecule has 0 N–H and O–H groups in total. The zero-order valence-corrected chi connectivity index (χ0v) is 58.2. The van der Waals surface area contributed by atoms with E-state index in [0.29, 0.717) is 46.1 Å². The smallest absolute Gasteiger partial charge is 0.320 e. The van der Waals surface area contributed by atoms with Crippen LogP contribution in [0.3, 0.4) is 0 Å². The number of nitrogens with zero attached hydrogens (tertiary/aromatic N) is 3. The summed E-state index contributed by atoms with van der Waals surface area (Å²) in [5.74, 6) is -1.93. The van der Waals surface area contributed by atoms with Gasteiger partial charge in [0.15, 0.2) is 0 Å². The maximum absolute atomic E-state index is 13.7. The molecule has 0 atom stereocenters. The summed E-state index contributed by atoms with van der Waals surface area (Å²) in [6.45, 7) is 13.7. The number of rotatable bonds is 71. The van der Waals surface area contributed by atoms with E-state index in [4.69, 9.17) is 23.7 Å². The SMILES string of the molecule is CCCCCCCCCCCCOC(=O)CN(CCN(CC(=O)OCCCCCCCCCCCC)CC(=O)OCCCCCCCCCCCC)CCN(CC(=O)OCCCCCCCCCCCC)CC(=O)OCCCCCCCCCCCC. The van der Waals surface area contributed by atoms with Crippen LogP contribution in [0.15, 0.2) is 0 Å². The van der Waals surface area contributed by atoms with Crippen LogP contribution in [0.5, 0.6) is 0 Å². The fourth-order valence-electron chi connectivity index (χ4n) is 11.3. The number of unbranched alkanes of at least 4 members (excludes halogenated alkanes) is 45. The molecule has 0 saturated heterocycles. The van der Waals surface area contributed by atoms with Crippen molar-refractivity contribution in [3.63, 3.8) is 0 Å². The van der Waals surface area contributed by atoms with E-state index in [1.807, 2.05) is 4.90 Å². The predicted molar refractivity (Wildman–Crippen MR) is 363 cm³/mol. The van der Waals surface area contributed by atoms with Crippen molar-refractivity contribution in [2.45, 2.75) is 356 Å². The third kappa shape index (κ3) is 64.6. The molecule has 0 fully saturated rings. The first-order valence-corrected chi connectivity index (χ1v) is 37.6. The topological polar surface area (TPSA) is 141 Å². The zero-order valence-electron chi connectivity index (χ0n) is 58.2. The predicted octanol–water partition coefficient (Wildman–Crippen LogP) is 19.2. The summed E-state index contributed by atoms with van der Waals surface area (Å²) in [7, 11) is 0. The van der Waals surface area contributed by atoms with Crippen LogP contribution in [0.2, 0.25) is 0 Å². The van der Waals surface area contributed by atoms with Crippen LogP contribution in [-0.4, -0.2) is 136 Å². The van der Waals surface area contributed by atoms with Gasteiger partial charge in [-0.25, -0.2) is 0 Å². The van der Waals surface area contributed by atoms with E-state index in [-0.39, 0.29) is 51.8 Å². The maximum Gasteiger partial charge on any atom is 0.320 e. The Hall–Kier alpha value is -2.77. The quantitative estimate of drug-likeness (QED) is 0.0324. The van der Waals surface area contributed by atoms with Crippen LogP contribution in [0.4, 0.5) is 0 Å². The van der Waals surface area contributed by atoms with Crippen molar-refractivity contribution in [2.24, 2.45) is 0 Å². The van der Waals surface area contributed by atoms with Crippen molar-refractivity contribution < 1.29 is 47.7 Å². The Labute approximate surface area is 537 Å². The second-order valence-electron chi connectivity index (χ2n) is 25.7. The highest BCUT2D eigenvalue weighted by atomic mass is 16.5. The van der Waals surface area contributed by atoms with E-state index in [2.05, 4.69) is 34.6 Å². The molecular weight excluding hydrogens is 1090 g/mol. The van der Waals surface area contributed by atoms with Gasteiger partial charge in [-0.3, -0.25) is 38.7 Å². The molecule has 0 aliphatic heterocycles. The Bertz CT molecular complexity index is 1330. The van der Waals surface area contributed by atoms with Gasteiger partial charge in [0.2, 0.25) is 0 Å². The van der Waals surface area contributed by atoms with Crippen LogP contribution < -0.4 is 0 Å². The van der Waals surface area contributed by atoms with Crippen molar-refractivity contribution in [3.8, 4) is 0 Å². The minimum absolute atomic E-state index is 0.0296. The third-order valence-corrected chi connectivity index (χ3v) is 17.0. The highest BCUT2D eigenvalue weighted by Gasteiger charge is 2.23. The van der Waals surface area contributed by atoms with Gasteiger partial charge in [-0.15, -0.1) is 0 Å². The minimum Gasteiger partial charge on any atom is -0.465 e. The van der Waals surface area contributed by atoms with E-state index in [1.54, 1.807) is 9.80 Å². The van der Waals surface area contributed by atoms with Gasteiger partial charge in [-0.1, -0.05) is 324 Å². The molecule has 0 bridgehead atoms. The average molecular weight is 1230 g/mol. The number of ether oxygens (including phenoxy) is 5. The van der Waals surface area contributed by atoms with Crippen LogP contribution in [0.1, 0.15) is 356 Å². The largest absolute Gasteiger partial charge is 0.465 e. The van der Waals surface area contributed by atoms with E-state index in [9.17, 15) is 24.0 Å². The molecule has 0 spiro atoms. The Balaban J connectivity index is 6.07. The van der Waals surface area contributed by atoms with Crippen molar-refractivity contribution in [2.75, 3.05) is 91.9 Å². The lowest BCUT2D eigenvalue weighted by atomic mass is 10.1. The van der Waals surface area contributed by atoms with E-state index in [1.165, 1.54) is 225 Å². The summed E-state index contributed by atoms with van der Waals surface area (Å²) >= 11 is 0. The summed E-state index contributed by atoms with van der Waals surface area (Å²) < 4.78 is 28.9. The van der Waals surface area contributed by atoms with Crippen LogP contribution >= 0.6 is 0 Å². The van der Waals surface area contributed by atoms with Crippen molar-refractivity contribution >= 4 is 29.8 Å². The first-order chi connectivity index (χ1) is 42.7. The Morgan fingerprint density at radius 2 is 0.310 bits per heavy atom. The fraction of sp³-hybridized carbons (Fsp3) is 0.932. The van der Waals surface area contributed by atoms with Crippen LogP contribution in [0, 0.1) is 0 Å². The monoisotopic (exact) mass is 1230 g/mol. The number of hydrogen-bond acceptors (Lipinski definition) is 13. The summed E-state index contributed by atoms with van der Waals surface area (Å²) in [6, 6.07) is 0. The van der Waals surface area contributed by atoms with Crippen molar-refractivity contribution in [1.82, 2.24) is 14.7 Å². The molecule has 13 nitrogen and oxygen atoms in total. The second kappa shape index (κ2) is 69.1. The molecule has 87 heavy (non-hydrogen) atoms. The maximum atomic E-state index is 13.7. The lowest BCUT2D eigenvalue weighted by molar-refractivity contribution is -0.150. The van der Waals surface area contributed by atoms with E-state index < -0.39 is 23.9 Å². The molecular formula is C74H143N3O10. The summed E-state index contributed by atoms with van der Waals surface area (Å²) in [4.78, 5) is 73.0. The van der Waals surface area contributed by atoms with Crippen LogP contribution in [0.25, 0.3) is 0 Å². The molecule has 0 rings (SSSR count). The first kappa shape index (κ1) is 84.2. The number of esters is 5. The van der Waals surface area contributed by atoms with Gasteiger partial charge in [0.1, 0.15) is 0 Å². The molecule has 0 aromatic heterocycles. The Morgan fingerprint density at radius 1 is 0.184 bits per heavy atom. The summed E-state index contributed by atoms with van der Waals surface area (Å²) in [5.41, 5.74) is 0.